The minimum absolute atomic E-state index is 0.405. The summed E-state index contributed by atoms with van der Waals surface area (Å²) < 4.78 is 0.641. The maximum atomic E-state index is 9.03. The Balaban J connectivity index is 2.67. The lowest BCUT2D eigenvalue weighted by molar-refractivity contribution is 0.665. The van der Waals surface area contributed by atoms with E-state index in [1.165, 1.54) is 0 Å². The summed E-state index contributed by atoms with van der Waals surface area (Å²) >= 11 is 9.22. The molecule has 0 unspecified atom stereocenters. The number of hydrogen-bond acceptors (Lipinski definition) is 2. The molecule has 72 valence electrons. The summed E-state index contributed by atoms with van der Waals surface area (Å²) in [5, 5.41) is 9.44. The van der Waals surface area contributed by atoms with E-state index in [0.717, 1.165) is 36.9 Å². The van der Waals surface area contributed by atoms with Crippen LogP contribution in [0.4, 0.5) is 0 Å². The van der Waals surface area contributed by atoms with Gasteiger partial charge in [-0.05, 0) is 47.2 Å². The fourth-order valence-corrected chi connectivity index (χ4v) is 2.41. The fourth-order valence-electron chi connectivity index (χ4n) is 1.80. The molecule has 0 aliphatic heterocycles. The Hall–Kier alpha value is -0.590. The lowest BCUT2D eigenvalue weighted by atomic mass is 9.93. The van der Waals surface area contributed by atoms with Crippen LogP contribution < -0.4 is 0 Å². The van der Waals surface area contributed by atoms with Gasteiger partial charge in [-0.3, -0.25) is 0 Å². The number of halogens is 2. The van der Waals surface area contributed by atoms with Crippen LogP contribution in [0.1, 0.15) is 29.7 Å². The molecule has 1 heterocycles. The Bertz CT molecular complexity index is 423. The highest BCUT2D eigenvalue weighted by molar-refractivity contribution is 9.10. The standard InChI is InChI=1S/C10H8BrClN2/c11-9-7(5-13)6-3-1-2-4-8(6)14-10(9)12/h1-4H2. The SMILES string of the molecule is N#Cc1c(Br)c(Cl)nc2c1CCCC2. The molecule has 2 rings (SSSR count). The highest BCUT2D eigenvalue weighted by Crippen LogP contribution is 2.32. The van der Waals surface area contributed by atoms with Crippen molar-refractivity contribution >= 4 is 27.5 Å². The fraction of sp³-hybridized carbons (Fsp3) is 0.400. The van der Waals surface area contributed by atoms with Crippen LogP contribution in [0, 0.1) is 11.3 Å². The molecule has 4 heteroatoms. The predicted octanol–water partition coefficient (Wildman–Crippen LogP) is 3.25. The van der Waals surface area contributed by atoms with Gasteiger partial charge >= 0.3 is 0 Å². The second-order valence-corrected chi connectivity index (χ2v) is 4.49. The second kappa shape index (κ2) is 3.88. The van der Waals surface area contributed by atoms with Crippen molar-refractivity contribution in [2.75, 3.05) is 0 Å². The zero-order chi connectivity index (χ0) is 10.1. The third-order valence-electron chi connectivity index (χ3n) is 2.49. The first kappa shape index (κ1) is 9.95. The number of nitriles is 1. The normalized spacial score (nSPS) is 14.6. The van der Waals surface area contributed by atoms with Crippen molar-refractivity contribution in [1.82, 2.24) is 4.98 Å². The number of aromatic nitrogens is 1. The minimum Gasteiger partial charge on any atom is -0.240 e. The van der Waals surface area contributed by atoms with Crippen LogP contribution in [0.25, 0.3) is 0 Å². The van der Waals surface area contributed by atoms with E-state index in [-0.39, 0.29) is 0 Å². The molecule has 14 heavy (non-hydrogen) atoms. The van der Waals surface area contributed by atoms with Gasteiger partial charge in [0.2, 0.25) is 0 Å². The topological polar surface area (TPSA) is 36.7 Å². The zero-order valence-electron chi connectivity index (χ0n) is 7.48. The van der Waals surface area contributed by atoms with E-state index in [9.17, 15) is 0 Å². The van der Waals surface area contributed by atoms with Gasteiger partial charge in [-0.1, -0.05) is 11.6 Å². The van der Waals surface area contributed by atoms with Gasteiger partial charge in [0.05, 0.1) is 10.0 Å². The number of rotatable bonds is 0. The molecule has 0 N–H and O–H groups in total. The number of nitrogens with zero attached hydrogens (tertiary/aromatic N) is 2. The van der Waals surface area contributed by atoms with Gasteiger partial charge in [-0.15, -0.1) is 0 Å². The smallest absolute Gasteiger partial charge is 0.144 e. The molecule has 1 aromatic heterocycles. The third-order valence-corrected chi connectivity index (χ3v) is 3.76. The predicted molar refractivity (Wildman–Crippen MR) is 58.3 cm³/mol. The van der Waals surface area contributed by atoms with Gasteiger partial charge in [0, 0.05) is 5.69 Å². The average Bonchev–Trinajstić information content (AvgIpc) is 2.20. The van der Waals surface area contributed by atoms with Crippen molar-refractivity contribution < 1.29 is 0 Å². The van der Waals surface area contributed by atoms with Crippen LogP contribution >= 0.6 is 27.5 Å². The largest absolute Gasteiger partial charge is 0.240 e. The van der Waals surface area contributed by atoms with Crippen LogP contribution in [0.15, 0.2) is 4.47 Å². The number of fused-ring (bicyclic) bond motifs is 1. The van der Waals surface area contributed by atoms with E-state index in [2.05, 4.69) is 27.0 Å². The van der Waals surface area contributed by atoms with Crippen molar-refractivity contribution in [2.45, 2.75) is 25.7 Å². The monoisotopic (exact) mass is 270 g/mol. The molecule has 1 aliphatic carbocycles. The molecule has 1 aliphatic rings. The Morgan fingerprint density at radius 1 is 1.36 bits per heavy atom. The number of pyridine rings is 1. The lowest BCUT2D eigenvalue weighted by Gasteiger charge is -2.17. The maximum Gasteiger partial charge on any atom is 0.144 e. The van der Waals surface area contributed by atoms with Crippen LogP contribution in [0.2, 0.25) is 5.15 Å². The van der Waals surface area contributed by atoms with Crippen molar-refractivity contribution in [3.8, 4) is 6.07 Å². The molecule has 2 nitrogen and oxygen atoms in total. The number of hydrogen-bond donors (Lipinski definition) is 0. The van der Waals surface area contributed by atoms with E-state index in [1.54, 1.807) is 0 Å². The Morgan fingerprint density at radius 2 is 2.07 bits per heavy atom. The summed E-state index contributed by atoms with van der Waals surface area (Å²) in [6.07, 6.45) is 4.16. The van der Waals surface area contributed by atoms with Crippen molar-refractivity contribution in [2.24, 2.45) is 0 Å². The van der Waals surface area contributed by atoms with Gasteiger partial charge in [-0.25, -0.2) is 4.98 Å². The van der Waals surface area contributed by atoms with Crippen molar-refractivity contribution in [3.63, 3.8) is 0 Å². The summed E-state index contributed by atoms with van der Waals surface area (Å²) in [5.74, 6) is 0. The van der Waals surface area contributed by atoms with Crippen LogP contribution in [-0.2, 0) is 12.8 Å². The summed E-state index contributed by atoms with van der Waals surface area (Å²) in [7, 11) is 0. The highest BCUT2D eigenvalue weighted by Gasteiger charge is 2.19. The van der Waals surface area contributed by atoms with Crippen molar-refractivity contribution in [1.29, 1.82) is 5.26 Å². The third kappa shape index (κ3) is 1.53. The highest BCUT2D eigenvalue weighted by atomic mass is 79.9. The molecular weight excluding hydrogens is 263 g/mol. The van der Waals surface area contributed by atoms with E-state index < -0.39 is 0 Å². The quantitative estimate of drug-likeness (QED) is 0.679. The first-order chi connectivity index (χ1) is 6.74. The molecule has 0 bridgehead atoms. The van der Waals surface area contributed by atoms with E-state index >= 15 is 0 Å². The molecule has 0 saturated carbocycles. The molecule has 0 amide bonds. The Kier molecular flexibility index (Phi) is 2.76. The van der Waals surface area contributed by atoms with Crippen LogP contribution in [-0.4, -0.2) is 4.98 Å². The minimum atomic E-state index is 0.405. The lowest BCUT2D eigenvalue weighted by Crippen LogP contribution is -2.08. The van der Waals surface area contributed by atoms with Crippen LogP contribution in [0.3, 0.4) is 0 Å². The molecule has 1 aromatic rings. The molecule has 0 fully saturated rings. The van der Waals surface area contributed by atoms with Gasteiger partial charge in [0.1, 0.15) is 11.2 Å². The van der Waals surface area contributed by atoms with Gasteiger partial charge < -0.3 is 0 Å². The Morgan fingerprint density at radius 3 is 2.79 bits per heavy atom. The molecule has 0 atom stereocenters. The van der Waals surface area contributed by atoms with E-state index in [0.29, 0.717) is 15.2 Å². The van der Waals surface area contributed by atoms with Gasteiger partial charge in [-0.2, -0.15) is 5.26 Å². The summed E-state index contributed by atoms with van der Waals surface area (Å²) in [4.78, 5) is 4.29. The zero-order valence-corrected chi connectivity index (χ0v) is 9.82. The van der Waals surface area contributed by atoms with E-state index in [4.69, 9.17) is 16.9 Å². The molecule has 0 saturated heterocycles. The molecule has 0 aromatic carbocycles. The second-order valence-electron chi connectivity index (χ2n) is 3.34. The van der Waals surface area contributed by atoms with Gasteiger partial charge in [0.15, 0.2) is 0 Å². The molecule has 0 radical (unpaired) electrons. The first-order valence-corrected chi connectivity index (χ1v) is 5.68. The Labute approximate surface area is 96.0 Å². The average molecular weight is 272 g/mol. The van der Waals surface area contributed by atoms with Gasteiger partial charge in [0.25, 0.3) is 0 Å². The summed E-state index contributed by atoms with van der Waals surface area (Å²) in [5.41, 5.74) is 2.75. The number of aryl methyl sites for hydroxylation is 1. The molecular formula is C10H8BrClN2. The summed E-state index contributed by atoms with van der Waals surface area (Å²) in [6.45, 7) is 0. The summed E-state index contributed by atoms with van der Waals surface area (Å²) in [6, 6.07) is 2.19. The van der Waals surface area contributed by atoms with Crippen molar-refractivity contribution in [3.05, 3.63) is 26.4 Å². The first-order valence-electron chi connectivity index (χ1n) is 4.51. The van der Waals surface area contributed by atoms with E-state index in [1.807, 2.05) is 0 Å². The molecule has 0 spiro atoms. The maximum absolute atomic E-state index is 9.03. The van der Waals surface area contributed by atoms with Crippen LogP contribution in [0.5, 0.6) is 0 Å².